The van der Waals surface area contributed by atoms with Crippen LogP contribution in [-0.4, -0.2) is 28.1 Å². The summed E-state index contributed by atoms with van der Waals surface area (Å²) in [6.45, 7) is 1.82. The van der Waals surface area contributed by atoms with Crippen LogP contribution in [0.25, 0.3) is 0 Å². The van der Waals surface area contributed by atoms with E-state index in [4.69, 9.17) is 5.11 Å². The molecule has 1 amide bonds. The number of phenolic OH excluding ortho intramolecular Hbond substituents is 1. The van der Waals surface area contributed by atoms with Crippen LogP contribution in [0.1, 0.15) is 35.2 Å². The van der Waals surface area contributed by atoms with Crippen LogP contribution in [0.3, 0.4) is 0 Å². The SMILES string of the molecule is Cc1ccc(C(=O)NC(CC(=O)O)C2CC2)c(O)c1. The Labute approximate surface area is 111 Å². The monoisotopic (exact) mass is 263 g/mol. The van der Waals surface area contributed by atoms with Gasteiger partial charge in [0, 0.05) is 6.04 Å². The van der Waals surface area contributed by atoms with E-state index >= 15 is 0 Å². The second-order valence-electron chi connectivity index (χ2n) is 5.04. The highest BCUT2D eigenvalue weighted by Gasteiger charge is 2.34. The Morgan fingerprint density at radius 2 is 2.11 bits per heavy atom. The number of carboxylic acids is 1. The van der Waals surface area contributed by atoms with Crippen molar-refractivity contribution in [2.45, 2.75) is 32.2 Å². The Bertz CT molecular complexity index is 508. The van der Waals surface area contributed by atoms with Gasteiger partial charge in [-0.2, -0.15) is 0 Å². The molecule has 19 heavy (non-hydrogen) atoms. The third-order valence-electron chi connectivity index (χ3n) is 3.30. The van der Waals surface area contributed by atoms with E-state index in [2.05, 4.69) is 5.32 Å². The summed E-state index contributed by atoms with van der Waals surface area (Å²) < 4.78 is 0. The molecule has 0 bridgehead atoms. The molecule has 5 heteroatoms. The Balaban J connectivity index is 2.08. The van der Waals surface area contributed by atoms with Crippen LogP contribution in [0.5, 0.6) is 5.75 Å². The van der Waals surface area contributed by atoms with E-state index in [9.17, 15) is 14.7 Å². The second-order valence-corrected chi connectivity index (χ2v) is 5.04. The van der Waals surface area contributed by atoms with Crippen LogP contribution in [-0.2, 0) is 4.79 Å². The molecule has 1 aliphatic carbocycles. The van der Waals surface area contributed by atoms with E-state index in [1.165, 1.54) is 6.07 Å². The minimum absolute atomic E-state index is 0.0803. The highest BCUT2D eigenvalue weighted by atomic mass is 16.4. The van der Waals surface area contributed by atoms with Gasteiger partial charge in [0.05, 0.1) is 12.0 Å². The van der Waals surface area contributed by atoms with E-state index in [-0.39, 0.29) is 29.7 Å². The molecule has 0 spiro atoms. The second kappa shape index (κ2) is 5.30. The van der Waals surface area contributed by atoms with Gasteiger partial charge in [-0.15, -0.1) is 0 Å². The number of rotatable bonds is 5. The zero-order valence-corrected chi connectivity index (χ0v) is 10.7. The fourth-order valence-corrected chi connectivity index (χ4v) is 2.10. The molecule has 3 N–H and O–H groups in total. The summed E-state index contributed by atoms with van der Waals surface area (Å²) in [5.41, 5.74) is 1.04. The molecule has 0 aliphatic heterocycles. The van der Waals surface area contributed by atoms with Crippen LogP contribution < -0.4 is 5.32 Å². The first-order chi connectivity index (χ1) is 8.97. The lowest BCUT2D eigenvalue weighted by atomic mass is 10.1. The number of nitrogens with one attached hydrogen (secondary N) is 1. The molecular weight excluding hydrogens is 246 g/mol. The summed E-state index contributed by atoms with van der Waals surface area (Å²) in [6.07, 6.45) is 1.80. The summed E-state index contributed by atoms with van der Waals surface area (Å²) >= 11 is 0. The van der Waals surface area contributed by atoms with Crippen molar-refractivity contribution in [1.82, 2.24) is 5.32 Å². The van der Waals surface area contributed by atoms with Crippen molar-refractivity contribution in [3.8, 4) is 5.75 Å². The number of carbonyl (C=O) groups excluding carboxylic acids is 1. The maximum atomic E-state index is 12.0. The van der Waals surface area contributed by atoms with E-state index in [1.807, 2.05) is 6.92 Å². The van der Waals surface area contributed by atoms with Crippen molar-refractivity contribution in [3.63, 3.8) is 0 Å². The summed E-state index contributed by atoms with van der Waals surface area (Å²) in [5, 5.41) is 21.3. The zero-order valence-electron chi connectivity index (χ0n) is 10.7. The number of carbonyl (C=O) groups is 2. The molecule has 1 aliphatic rings. The normalized spacial score (nSPS) is 15.8. The minimum Gasteiger partial charge on any atom is -0.507 e. The molecule has 0 radical (unpaired) electrons. The summed E-state index contributed by atoms with van der Waals surface area (Å²) in [6, 6.07) is 4.44. The van der Waals surface area contributed by atoms with Crippen molar-refractivity contribution < 1.29 is 19.8 Å². The molecule has 2 rings (SSSR count). The summed E-state index contributed by atoms with van der Waals surface area (Å²) in [7, 11) is 0. The quantitative estimate of drug-likeness (QED) is 0.754. The van der Waals surface area contributed by atoms with Gasteiger partial charge in [0.25, 0.3) is 5.91 Å². The first-order valence-corrected chi connectivity index (χ1v) is 6.29. The number of benzene rings is 1. The van der Waals surface area contributed by atoms with Gasteiger partial charge in [-0.25, -0.2) is 0 Å². The van der Waals surface area contributed by atoms with Crippen LogP contribution in [0.2, 0.25) is 0 Å². The van der Waals surface area contributed by atoms with Gasteiger partial charge in [-0.1, -0.05) is 6.07 Å². The first-order valence-electron chi connectivity index (χ1n) is 6.29. The molecular formula is C14H17NO4. The molecule has 0 aromatic heterocycles. The van der Waals surface area contributed by atoms with Crippen molar-refractivity contribution in [2.24, 2.45) is 5.92 Å². The number of hydrogen-bond donors (Lipinski definition) is 3. The number of aliphatic carboxylic acids is 1. The number of aryl methyl sites for hydroxylation is 1. The molecule has 1 aromatic rings. The topological polar surface area (TPSA) is 86.6 Å². The van der Waals surface area contributed by atoms with Gasteiger partial charge in [-0.3, -0.25) is 9.59 Å². The number of carboxylic acid groups (broad SMARTS) is 1. The van der Waals surface area contributed by atoms with E-state index < -0.39 is 11.9 Å². The van der Waals surface area contributed by atoms with Crippen molar-refractivity contribution in [1.29, 1.82) is 0 Å². The predicted molar refractivity (Wildman–Crippen MR) is 69.1 cm³/mol. The number of hydrogen-bond acceptors (Lipinski definition) is 3. The molecule has 1 aromatic carbocycles. The maximum absolute atomic E-state index is 12.0. The van der Waals surface area contributed by atoms with E-state index in [0.29, 0.717) is 0 Å². The Morgan fingerprint density at radius 1 is 1.42 bits per heavy atom. The third-order valence-corrected chi connectivity index (χ3v) is 3.30. The van der Waals surface area contributed by atoms with Gasteiger partial charge in [0.1, 0.15) is 5.75 Å². The van der Waals surface area contributed by atoms with Crippen LogP contribution in [0.4, 0.5) is 0 Å². The van der Waals surface area contributed by atoms with Crippen molar-refractivity contribution >= 4 is 11.9 Å². The fourth-order valence-electron chi connectivity index (χ4n) is 2.10. The average Bonchev–Trinajstić information content (AvgIpc) is 3.10. The van der Waals surface area contributed by atoms with Gasteiger partial charge >= 0.3 is 5.97 Å². The molecule has 1 unspecified atom stereocenters. The molecule has 102 valence electrons. The largest absolute Gasteiger partial charge is 0.507 e. The lowest BCUT2D eigenvalue weighted by Crippen LogP contribution is -2.38. The fraction of sp³-hybridized carbons (Fsp3) is 0.429. The van der Waals surface area contributed by atoms with Crippen LogP contribution in [0, 0.1) is 12.8 Å². The molecule has 1 atom stereocenters. The van der Waals surface area contributed by atoms with Gasteiger partial charge in [0.2, 0.25) is 0 Å². The van der Waals surface area contributed by atoms with Gasteiger partial charge in [0.15, 0.2) is 0 Å². The standard InChI is InChI=1S/C14H17NO4/c1-8-2-5-10(12(16)6-8)14(19)15-11(7-13(17)18)9-3-4-9/h2,5-6,9,11,16H,3-4,7H2,1H3,(H,15,19)(H,17,18). The maximum Gasteiger partial charge on any atom is 0.305 e. The van der Waals surface area contributed by atoms with Crippen LogP contribution >= 0.6 is 0 Å². The highest BCUT2D eigenvalue weighted by Crippen LogP contribution is 2.34. The lowest BCUT2D eigenvalue weighted by Gasteiger charge is -2.16. The molecule has 1 fully saturated rings. The third kappa shape index (κ3) is 3.47. The Kier molecular flexibility index (Phi) is 3.74. The lowest BCUT2D eigenvalue weighted by molar-refractivity contribution is -0.137. The number of amides is 1. The first kappa shape index (κ1) is 13.4. The highest BCUT2D eigenvalue weighted by molar-refractivity contribution is 5.97. The summed E-state index contributed by atoms with van der Waals surface area (Å²) in [4.78, 5) is 22.8. The smallest absolute Gasteiger partial charge is 0.305 e. The predicted octanol–water partition coefficient (Wildman–Crippen LogP) is 1.68. The number of phenols is 1. The van der Waals surface area contributed by atoms with Crippen molar-refractivity contribution in [3.05, 3.63) is 29.3 Å². The molecule has 1 saturated carbocycles. The number of aromatic hydroxyl groups is 1. The molecule has 0 saturated heterocycles. The van der Waals surface area contributed by atoms with Crippen molar-refractivity contribution in [2.75, 3.05) is 0 Å². The average molecular weight is 263 g/mol. The van der Waals surface area contributed by atoms with Gasteiger partial charge in [-0.05, 0) is 43.4 Å². The summed E-state index contributed by atoms with van der Waals surface area (Å²) in [5.74, 6) is -1.18. The molecule has 5 nitrogen and oxygen atoms in total. The Hall–Kier alpha value is -2.04. The Morgan fingerprint density at radius 3 is 2.63 bits per heavy atom. The van der Waals surface area contributed by atoms with Crippen LogP contribution in [0.15, 0.2) is 18.2 Å². The van der Waals surface area contributed by atoms with Gasteiger partial charge < -0.3 is 15.5 Å². The van der Waals surface area contributed by atoms with E-state index in [0.717, 1.165) is 18.4 Å². The molecule has 0 heterocycles. The minimum atomic E-state index is -0.926. The zero-order chi connectivity index (χ0) is 14.0. The van der Waals surface area contributed by atoms with E-state index in [1.54, 1.807) is 12.1 Å².